The summed E-state index contributed by atoms with van der Waals surface area (Å²) in [5.74, 6) is -3.07. The number of hydrogen-bond donors (Lipinski definition) is 5. The molecule has 2 aromatic heterocycles. The van der Waals surface area contributed by atoms with E-state index in [0.29, 0.717) is 17.4 Å². The first-order valence-corrected chi connectivity index (χ1v) is 10.9. The number of carboxylic acids is 1. The SMILES string of the molecule is [2H]OS(=O)[C@@](C)(COC(=O)Cc1ccc(O)c(O)c1)[C@H](Nc1c(C=O)cc2ccccn12)C(=O)O. The fourth-order valence-corrected chi connectivity index (χ4v) is 3.85. The van der Waals surface area contributed by atoms with Crippen molar-refractivity contribution in [3.63, 3.8) is 0 Å². The summed E-state index contributed by atoms with van der Waals surface area (Å²) in [4.78, 5) is 36.2. The molecule has 180 valence electrons. The Morgan fingerprint density at radius 2 is 2.03 bits per heavy atom. The van der Waals surface area contributed by atoms with E-state index in [2.05, 4.69) is 9.87 Å². The lowest BCUT2D eigenvalue weighted by Gasteiger charge is -2.32. The molecule has 1 unspecified atom stereocenters. The van der Waals surface area contributed by atoms with Crippen LogP contribution in [-0.4, -0.2) is 64.1 Å². The van der Waals surface area contributed by atoms with Crippen LogP contribution in [-0.2, 0) is 31.8 Å². The Labute approximate surface area is 197 Å². The standard InChI is InChI=1S/C22H22N2O9S/c1-22(34(31)32,12-33-18(28)9-13-5-6-16(26)17(27)8-13)19(21(29)30)23-20-14(11-25)10-15-4-2-3-7-24(15)20/h2-8,10-11,19,23,26-27H,9,12H2,1H3,(H,29,30)(H,31,32)/t19-,22+/m1/s1/i/hD. The number of phenolic OH excluding ortho intramolecular Hbond substituents is 2. The lowest BCUT2D eigenvalue weighted by Crippen LogP contribution is -2.55. The molecule has 0 amide bonds. The number of pyridine rings is 1. The second-order valence-electron chi connectivity index (χ2n) is 7.69. The summed E-state index contributed by atoms with van der Waals surface area (Å²) in [6.45, 7) is 0.463. The predicted molar refractivity (Wildman–Crippen MR) is 121 cm³/mol. The second-order valence-corrected chi connectivity index (χ2v) is 9.09. The number of nitrogens with one attached hydrogen (secondary N) is 1. The normalized spacial score (nSPS) is 15.0. The Balaban J connectivity index is 1.88. The number of aldehydes is 1. The van der Waals surface area contributed by atoms with Gasteiger partial charge in [-0.25, -0.2) is 9.00 Å². The molecule has 0 saturated heterocycles. The molecule has 0 bridgehead atoms. The molecule has 3 rings (SSSR count). The van der Waals surface area contributed by atoms with Gasteiger partial charge in [-0.2, -0.15) is 0 Å². The van der Waals surface area contributed by atoms with Gasteiger partial charge in [0.1, 0.15) is 23.2 Å². The highest BCUT2D eigenvalue weighted by Crippen LogP contribution is 2.28. The van der Waals surface area contributed by atoms with E-state index in [1.807, 2.05) is 0 Å². The fraction of sp³-hybridized carbons (Fsp3) is 0.227. The summed E-state index contributed by atoms with van der Waals surface area (Å²) in [7, 11) is 0. The number of aromatic hydroxyl groups is 2. The van der Waals surface area contributed by atoms with E-state index in [4.69, 9.17) is 6.17 Å². The molecule has 3 aromatic rings. The van der Waals surface area contributed by atoms with Crippen LogP contribution in [0, 0.1) is 0 Å². The Hall–Kier alpha value is -3.90. The first-order chi connectivity index (χ1) is 16.6. The maximum Gasteiger partial charge on any atom is 0.327 e. The third-order valence-corrected chi connectivity index (χ3v) is 6.38. The number of carboxylic acid groups (broad SMARTS) is 1. The van der Waals surface area contributed by atoms with E-state index in [9.17, 15) is 33.9 Å². The highest BCUT2D eigenvalue weighted by Gasteiger charge is 2.47. The van der Waals surface area contributed by atoms with Gasteiger partial charge >= 0.3 is 11.9 Å². The Morgan fingerprint density at radius 3 is 2.68 bits per heavy atom. The number of nitrogens with zero attached hydrogens (tertiary/aromatic N) is 1. The molecule has 0 spiro atoms. The van der Waals surface area contributed by atoms with Gasteiger partial charge in [0.2, 0.25) is 1.43 Å². The van der Waals surface area contributed by atoms with E-state index in [1.165, 1.54) is 29.5 Å². The van der Waals surface area contributed by atoms with Crippen LogP contribution in [0.4, 0.5) is 5.82 Å². The first-order valence-electron chi connectivity index (χ1n) is 10.3. The van der Waals surface area contributed by atoms with Crippen molar-refractivity contribution in [2.24, 2.45) is 0 Å². The first kappa shape index (κ1) is 23.3. The lowest BCUT2D eigenvalue weighted by molar-refractivity contribution is -0.146. The summed E-state index contributed by atoms with van der Waals surface area (Å²) in [5.41, 5.74) is 1.02. The quantitative estimate of drug-likeness (QED) is 0.115. The predicted octanol–water partition coefficient (Wildman–Crippen LogP) is 1.79. The Kier molecular flexibility index (Phi) is 6.80. The van der Waals surface area contributed by atoms with Crippen molar-refractivity contribution in [3.05, 3.63) is 59.8 Å². The zero-order valence-electron chi connectivity index (χ0n) is 18.8. The highest BCUT2D eigenvalue weighted by molar-refractivity contribution is 7.80. The van der Waals surface area contributed by atoms with Crippen molar-refractivity contribution in [3.8, 4) is 11.5 Å². The van der Waals surface area contributed by atoms with Crippen LogP contribution in [0.15, 0.2) is 48.7 Å². The number of esters is 1. The van der Waals surface area contributed by atoms with E-state index in [1.54, 1.807) is 24.4 Å². The molecule has 1 aromatic carbocycles. The van der Waals surface area contributed by atoms with Gasteiger partial charge in [-0.1, -0.05) is 12.1 Å². The number of carbonyl (C=O) groups is 3. The number of anilines is 1. The van der Waals surface area contributed by atoms with Crippen LogP contribution in [0.1, 0.15) is 22.8 Å². The van der Waals surface area contributed by atoms with Gasteiger partial charge < -0.3 is 34.3 Å². The lowest BCUT2D eigenvalue weighted by atomic mass is 10.0. The van der Waals surface area contributed by atoms with E-state index in [0.717, 1.165) is 6.07 Å². The second kappa shape index (κ2) is 9.93. The maximum absolute atomic E-state index is 12.6. The van der Waals surface area contributed by atoms with E-state index >= 15 is 0 Å². The molecule has 12 heteroatoms. The van der Waals surface area contributed by atoms with Gasteiger partial charge in [0.25, 0.3) is 0 Å². The third-order valence-electron chi connectivity index (χ3n) is 5.26. The van der Waals surface area contributed by atoms with E-state index < -0.39 is 46.2 Å². The van der Waals surface area contributed by atoms with Crippen LogP contribution < -0.4 is 5.32 Å². The molecule has 0 saturated carbocycles. The van der Waals surface area contributed by atoms with Crippen LogP contribution in [0.5, 0.6) is 11.5 Å². The van der Waals surface area contributed by atoms with Gasteiger partial charge in [-0.05, 0) is 42.8 Å². The molecule has 0 aliphatic carbocycles. The van der Waals surface area contributed by atoms with Crippen molar-refractivity contribution in [1.29, 1.82) is 1.43 Å². The molecule has 5 N–H and O–H groups in total. The van der Waals surface area contributed by atoms with Gasteiger partial charge in [0.05, 0.1) is 12.0 Å². The van der Waals surface area contributed by atoms with Crippen molar-refractivity contribution < 1.29 is 43.2 Å². The third kappa shape index (κ3) is 5.02. The summed E-state index contributed by atoms with van der Waals surface area (Å²) in [5, 5.41) is 31.6. The van der Waals surface area contributed by atoms with Crippen molar-refractivity contribution >= 4 is 40.6 Å². The van der Waals surface area contributed by atoms with Crippen molar-refractivity contribution in [1.82, 2.24) is 4.40 Å². The van der Waals surface area contributed by atoms with Crippen molar-refractivity contribution in [2.75, 3.05) is 11.9 Å². The average Bonchev–Trinajstić information content (AvgIpc) is 3.20. The molecule has 3 atom stereocenters. The number of benzene rings is 1. The molecular weight excluding hydrogens is 468 g/mol. The minimum absolute atomic E-state index is 0.0992. The fourth-order valence-electron chi connectivity index (χ4n) is 3.35. The number of aromatic nitrogens is 1. The number of ether oxygens (including phenoxy) is 1. The molecular formula is C22H22N2O9S. The molecule has 0 radical (unpaired) electrons. The summed E-state index contributed by atoms with van der Waals surface area (Å²) in [6.07, 6.45) is 1.77. The highest BCUT2D eigenvalue weighted by atomic mass is 32.2. The van der Waals surface area contributed by atoms with Gasteiger partial charge in [0.15, 0.2) is 28.9 Å². The molecule has 34 heavy (non-hydrogen) atoms. The summed E-state index contributed by atoms with van der Waals surface area (Å²) >= 11 is -2.58. The molecule has 0 aliphatic rings. The van der Waals surface area contributed by atoms with Crippen molar-refractivity contribution in [2.45, 2.75) is 24.1 Å². The summed E-state index contributed by atoms with van der Waals surface area (Å²) in [6, 6.07) is 8.59. The number of phenols is 2. The Morgan fingerprint density at radius 1 is 1.26 bits per heavy atom. The largest absolute Gasteiger partial charge is 0.504 e. The maximum atomic E-state index is 12.6. The summed E-state index contributed by atoms with van der Waals surface area (Å²) < 4.78 is 28.6. The molecule has 2 heterocycles. The monoisotopic (exact) mass is 491 g/mol. The number of rotatable bonds is 11. The smallest absolute Gasteiger partial charge is 0.327 e. The molecule has 11 nitrogen and oxygen atoms in total. The van der Waals surface area contributed by atoms with Crippen LogP contribution >= 0.6 is 0 Å². The topological polar surface area (TPSA) is 175 Å². The van der Waals surface area contributed by atoms with E-state index in [-0.39, 0.29) is 23.6 Å². The van der Waals surface area contributed by atoms with Crippen LogP contribution in [0.2, 0.25) is 0 Å². The van der Waals surface area contributed by atoms with Crippen LogP contribution in [0.25, 0.3) is 6.95 Å². The minimum Gasteiger partial charge on any atom is -0.504 e. The minimum atomic E-state index is -2.58. The number of fused-ring (bicyclic) bond motifs is 1. The number of aliphatic carboxylic acids is 1. The molecule has 0 aliphatic heterocycles. The average molecular weight is 491 g/mol. The number of hydrogen-bond acceptors (Lipinski definition) is 9. The zero-order chi connectivity index (χ0) is 25.8. The number of carbonyl (C=O) groups excluding carboxylic acids is 2. The van der Waals surface area contributed by atoms with Gasteiger partial charge in [-0.15, -0.1) is 0 Å². The Bertz CT molecular complexity index is 1300. The van der Waals surface area contributed by atoms with Crippen LogP contribution in [0.3, 0.4) is 0 Å². The van der Waals surface area contributed by atoms with Gasteiger partial charge in [0, 0.05) is 11.7 Å². The molecule has 0 fully saturated rings. The zero-order valence-corrected chi connectivity index (χ0v) is 18.7. The van der Waals surface area contributed by atoms with Gasteiger partial charge in [-0.3, -0.25) is 9.59 Å².